The van der Waals surface area contributed by atoms with E-state index in [4.69, 9.17) is 5.73 Å². The van der Waals surface area contributed by atoms with Gasteiger partial charge in [0.1, 0.15) is 5.69 Å². The highest BCUT2D eigenvalue weighted by Gasteiger charge is 2.36. The maximum atomic E-state index is 11.9. The van der Waals surface area contributed by atoms with Gasteiger partial charge in [0.2, 0.25) is 0 Å². The molecule has 0 unspecified atom stereocenters. The fourth-order valence-corrected chi connectivity index (χ4v) is 2.12. The first-order chi connectivity index (χ1) is 9.54. The third-order valence-electron chi connectivity index (χ3n) is 3.56. The molecular weight excluding hydrogens is 262 g/mol. The number of nitrogens with zero attached hydrogens (tertiary/aromatic N) is 1. The number of aromatic nitrogens is 1. The molecule has 4 N–H and O–H groups in total. The zero-order valence-corrected chi connectivity index (χ0v) is 11.0. The van der Waals surface area contributed by atoms with Crippen molar-refractivity contribution in [3.63, 3.8) is 0 Å². The number of nitrogens with one attached hydrogen (secondary N) is 1. The molecular formula is C13H17N3O4. The minimum atomic E-state index is -0.932. The molecule has 7 heteroatoms. The molecule has 0 spiro atoms. The van der Waals surface area contributed by atoms with Crippen LogP contribution >= 0.6 is 0 Å². The molecule has 1 aliphatic carbocycles. The number of primary amides is 1. The average Bonchev–Trinajstić information content (AvgIpc) is 2.38. The van der Waals surface area contributed by atoms with Crippen LogP contribution in [0.2, 0.25) is 0 Å². The summed E-state index contributed by atoms with van der Waals surface area (Å²) in [5.41, 5.74) is 4.90. The van der Waals surface area contributed by atoms with Crippen LogP contribution in [-0.2, 0) is 0 Å². The highest BCUT2D eigenvalue weighted by atomic mass is 16.5. The number of rotatable bonds is 5. The third-order valence-corrected chi connectivity index (χ3v) is 3.56. The van der Waals surface area contributed by atoms with Crippen molar-refractivity contribution in [2.75, 3.05) is 13.2 Å². The summed E-state index contributed by atoms with van der Waals surface area (Å²) in [5, 5.41) is 12.1. The number of aliphatic hydroxyl groups excluding tert-OH is 1. The van der Waals surface area contributed by atoms with Gasteiger partial charge >= 0.3 is 6.09 Å². The maximum absolute atomic E-state index is 11.9. The minimum Gasteiger partial charge on any atom is -0.409 e. The number of nitrogens with two attached hydrogens (primary N) is 1. The molecule has 2 amide bonds. The van der Waals surface area contributed by atoms with Gasteiger partial charge in [-0.25, -0.2) is 9.78 Å². The number of pyridine rings is 1. The zero-order chi connectivity index (χ0) is 14.6. The van der Waals surface area contributed by atoms with Crippen LogP contribution in [0.25, 0.3) is 0 Å². The number of hydrogen-bond acceptors (Lipinski definition) is 5. The van der Waals surface area contributed by atoms with E-state index in [0.717, 1.165) is 19.3 Å². The topological polar surface area (TPSA) is 115 Å². The molecule has 0 radical (unpaired) electrons. The monoisotopic (exact) mass is 279 g/mol. The Morgan fingerprint density at radius 3 is 2.65 bits per heavy atom. The number of hydrogen-bond donors (Lipinski definition) is 3. The van der Waals surface area contributed by atoms with E-state index in [2.05, 4.69) is 15.0 Å². The largest absolute Gasteiger partial charge is 0.410 e. The summed E-state index contributed by atoms with van der Waals surface area (Å²) in [6.07, 6.45) is 3.24. The first-order valence-electron chi connectivity index (χ1n) is 6.37. The summed E-state index contributed by atoms with van der Waals surface area (Å²) in [6, 6.07) is 2.89. The lowest BCUT2D eigenvalue weighted by molar-refractivity contribution is 0.0428. The van der Waals surface area contributed by atoms with Crippen molar-refractivity contribution >= 4 is 12.0 Å². The summed E-state index contributed by atoms with van der Waals surface area (Å²) in [5.74, 6) is -0.143. The van der Waals surface area contributed by atoms with E-state index in [1.54, 1.807) is 0 Å². The van der Waals surface area contributed by atoms with Crippen LogP contribution in [0.3, 0.4) is 0 Å². The van der Waals surface area contributed by atoms with Gasteiger partial charge in [0.15, 0.2) is 5.75 Å². The van der Waals surface area contributed by atoms with E-state index in [-0.39, 0.29) is 29.4 Å². The molecule has 0 aromatic carbocycles. The van der Waals surface area contributed by atoms with E-state index in [1.165, 1.54) is 18.3 Å². The molecule has 0 saturated heterocycles. The first-order valence-corrected chi connectivity index (χ1v) is 6.37. The molecule has 2 rings (SSSR count). The predicted molar refractivity (Wildman–Crippen MR) is 70.2 cm³/mol. The van der Waals surface area contributed by atoms with Crippen LogP contribution < -0.4 is 15.8 Å². The lowest BCUT2D eigenvalue weighted by atomic mass is 9.69. The van der Waals surface area contributed by atoms with E-state index >= 15 is 0 Å². The Balaban J connectivity index is 1.90. The van der Waals surface area contributed by atoms with Gasteiger partial charge in [-0.05, 0) is 25.0 Å². The van der Waals surface area contributed by atoms with Gasteiger partial charge in [0, 0.05) is 12.0 Å². The van der Waals surface area contributed by atoms with Crippen molar-refractivity contribution in [1.82, 2.24) is 10.3 Å². The highest BCUT2D eigenvalue weighted by Crippen LogP contribution is 2.39. The van der Waals surface area contributed by atoms with Crippen LogP contribution in [0, 0.1) is 5.41 Å². The number of ether oxygens (including phenoxy) is 1. The SMILES string of the molecule is NC(=O)Oc1ccc(C(=O)NCC2(CO)CCC2)nc1. The average molecular weight is 279 g/mol. The molecule has 1 aliphatic rings. The van der Waals surface area contributed by atoms with E-state index in [9.17, 15) is 14.7 Å². The predicted octanol–water partition coefficient (Wildman–Crippen LogP) is 0.431. The molecule has 7 nitrogen and oxygen atoms in total. The van der Waals surface area contributed by atoms with Crippen molar-refractivity contribution < 1.29 is 19.4 Å². The van der Waals surface area contributed by atoms with Crippen molar-refractivity contribution in [3.05, 3.63) is 24.0 Å². The number of aliphatic hydroxyl groups is 1. The summed E-state index contributed by atoms with van der Waals surface area (Å²) >= 11 is 0. The molecule has 1 heterocycles. The molecule has 0 aliphatic heterocycles. The van der Waals surface area contributed by atoms with Crippen molar-refractivity contribution in [2.45, 2.75) is 19.3 Å². The van der Waals surface area contributed by atoms with Gasteiger partial charge in [0.05, 0.1) is 12.8 Å². The minimum absolute atomic E-state index is 0.0755. The van der Waals surface area contributed by atoms with Crippen molar-refractivity contribution in [2.24, 2.45) is 11.1 Å². The quantitative estimate of drug-likeness (QED) is 0.723. The van der Waals surface area contributed by atoms with Gasteiger partial charge in [-0.2, -0.15) is 0 Å². The maximum Gasteiger partial charge on any atom is 0.410 e. The molecule has 1 aromatic heterocycles. The zero-order valence-electron chi connectivity index (χ0n) is 11.0. The second kappa shape index (κ2) is 5.87. The highest BCUT2D eigenvalue weighted by molar-refractivity contribution is 5.92. The van der Waals surface area contributed by atoms with Gasteiger partial charge in [0.25, 0.3) is 5.91 Å². The molecule has 20 heavy (non-hydrogen) atoms. The summed E-state index contributed by atoms with van der Waals surface area (Å²) < 4.78 is 4.62. The molecule has 108 valence electrons. The van der Waals surface area contributed by atoms with Gasteiger partial charge in [-0.15, -0.1) is 0 Å². The van der Waals surface area contributed by atoms with Crippen LogP contribution in [0.15, 0.2) is 18.3 Å². The Labute approximate surface area is 116 Å². The first kappa shape index (κ1) is 14.3. The fraction of sp³-hybridized carbons (Fsp3) is 0.462. The van der Waals surface area contributed by atoms with Gasteiger partial charge in [-0.3, -0.25) is 4.79 Å². The Morgan fingerprint density at radius 1 is 1.45 bits per heavy atom. The van der Waals surface area contributed by atoms with Crippen LogP contribution in [0.1, 0.15) is 29.8 Å². The number of carbonyl (C=O) groups excluding carboxylic acids is 2. The smallest absolute Gasteiger partial charge is 0.409 e. The second-order valence-corrected chi connectivity index (χ2v) is 4.99. The molecule has 0 atom stereocenters. The van der Waals surface area contributed by atoms with E-state index < -0.39 is 6.09 Å². The normalized spacial score (nSPS) is 16.1. The van der Waals surface area contributed by atoms with E-state index in [0.29, 0.717) is 6.54 Å². The van der Waals surface area contributed by atoms with Gasteiger partial charge < -0.3 is 20.9 Å². The standard InChI is InChI=1S/C13H17N3O4/c14-12(19)20-9-2-3-10(15-6-9)11(18)16-7-13(8-17)4-1-5-13/h2-3,6,17H,1,4-5,7-8H2,(H2,14,19)(H,16,18). The molecule has 1 fully saturated rings. The lowest BCUT2D eigenvalue weighted by Gasteiger charge is -2.40. The lowest BCUT2D eigenvalue weighted by Crippen LogP contribution is -2.44. The summed E-state index contributed by atoms with van der Waals surface area (Å²) in [4.78, 5) is 26.3. The van der Waals surface area contributed by atoms with Crippen molar-refractivity contribution in [1.29, 1.82) is 0 Å². The third kappa shape index (κ3) is 3.24. The Bertz CT molecular complexity index is 491. The molecule has 1 aromatic rings. The van der Waals surface area contributed by atoms with Gasteiger partial charge in [-0.1, -0.05) is 6.42 Å². The number of amides is 2. The van der Waals surface area contributed by atoms with Crippen LogP contribution in [0.5, 0.6) is 5.75 Å². The van der Waals surface area contributed by atoms with Crippen LogP contribution in [-0.4, -0.2) is 35.2 Å². The second-order valence-electron chi connectivity index (χ2n) is 4.99. The summed E-state index contributed by atoms with van der Waals surface area (Å²) in [7, 11) is 0. The summed E-state index contributed by atoms with van der Waals surface area (Å²) in [6.45, 7) is 0.510. The number of carbonyl (C=O) groups is 2. The Kier molecular flexibility index (Phi) is 4.19. The Hall–Kier alpha value is -2.15. The van der Waals surface area contributed by atoms with Crippen LogP contribution in [0.4, 0.5) is 4.79 Å². The molecule has 1 saturated carbocycles. The van der Waals surface area contributed by atoms with E-state index in [1.807, 2.05) is 0 Å². The fourth-order valence-electron chi connectivity index (χ4n) is 2.12. The Morgan fingerprint density at radius 2 is 2.20 bits per heavy atom. The molecule has 0 bridgehead atoms. The van der Waals surface area contributed by atoms with Crippen molar-refractivity contribution in [3.8, 4) is 5.75 Å².